The van der Waals surface area contributed by atoms with Crippen molar-refractivity contribution in [2.24, 2.45) is 0 Å². The normalized spacial score (nSPS) is 12.1. The first kappa shape index (κ1) is 18.9. The molecular formula is C18H25NO4. The van der Waals surface area contributed by atoms with Crippen LogP contribution in [0.5, 0.6) is 0 Å². The molecule has 0 atom stereocenters. The van der Waals surface area contributed by atoms with Gasteiger partial charge in [0.1, 0.15) is 0 Å². The van der Waals surface area contributed by atoms with Crippen molar-refractivity contribution in [1.29, 1.82) is 0 Å². The van der Waals surface area contributed by atoms with Crippen molar-refractivity contribution in [3.63, 3.8) is 0 Å². The van der Waals surface area contributed by atoms with Crippen molar-refractivity contribution in [3.8, 4) is 0 Å². The summed E-state index contributed by atoms with van der Waals surface area (Å²) in [7, 11) is 0. The number of unbranched alkanes of at least 4 members (excludes halogenated alkanes) is 4. The number of hydrogen-bond acceptors (Lipinski definition) is 4. The van der Waals surface area contributed by atoms with Crippen LogP contribution in [0.15, 0.2) is 24.3 Å². The van der Waals surface area contributed by atoms with E-state index in [2.05, 4.69) is 12.2 Å². The molecule has 0 radical (unpaired) electrons. The minimum absolute atomic E-state index is 0.0472. The van der Waals surface area contributed by atoms with E-state index >= 15 is 0 Å². The summed E-state index contributed by atoms with van der Waals surface area (Å²) >= 11 is 0. The van der Waals surface area contributed by atoms with Gasteiger partial charge in [-0.1, -0.05) is 44.7 Å². The van der Waals surface area contributed by atoms with E-state index in [0.29, 0.717) is 24.2 Å². The Morgan fingerprint density at radius 1 is 0.957 bits per heavy atom. The highest BCUT2D eigenvalue weighted by Gasteiger charge is 2.25. The van der Waals surface area contributed by atoms with Crippen LogP contribution >= 0.6 is 0 Å². The molecule has 1 aliphatic heterocycles. The molecule has 1 heterocycles. The second-order valence-electron chi connectivity index (χ2n) is 5.30. The van der Waals surface area contributed by atoms with Crippen LogP contribution in [-0.2, 0) is 9.53 Å². The summed E-state index contributed by atoms with van der Waals surface area (Å²) in [6.07, 6.45) is 6.52. The zero-order valence-corrected chi connectivity index (χ0v) is 13.9. The molecule has 23 heavy (non-hydrogen) atoms. The average Bonchev–Trinajstić information content (AvgIpc) is 2.83. The molecule has 5 heteroatoms. The van der Waals surface area contributed by atoms with Gasteiger partial charge in [-0.2, -0.15) is 0 Å². The van der Waals surface area contributed by atoms with Crippen LogP contribution in [0, 0.1) is 0 Å². The van der Waals surface area contributed by atoms with E-state index in [4.69, 9.17) is 4.74 Å². The van der Waals surface area contributed by atoms with Gasteiger partial charge in [-0.3, -0.25) is 19.7 Å². The lowest BCUT2D eigenvalue weighted by molar-refractivity contribution is -0.143. The SMILES string of the molecule is CCCCCCCC(=O)OCC.O=C1NC(=O)c2ccccc21. The van der Waals surface area contributed by atoms with Crippen LogP contribution in [0.1, 0.15) is 73.1 Å². The number of carbonyl (C=O) groups excluding carboxylic acids is 3. The molecule has 0 aliphatic carbocycles. The molecular weight excluding hydrogens is 294 g/mol. The molecule has 0 fully saturated rings. The number of esters is 1. The molecule has 1 aliphatic rings. The van der Waals surface area contributed by atoms with Gasteiger partial charge in [0.05, 0.1) is 17.7 Å². The summed E-state index contributed by atoms with van der Waals surface area (Å²) in [5.74, 6) is -0.648. The van der Waals surface area contributed by atoms with Gasteiger partial charge in [0.15, 0.2) is 0 Å². The van der Waals surface area contributed by atoms with Crippen LogP contribution in [0.3, 0.4) is 0 Å². The number of benzene rings is 1. The standard InChI is InChI=1S/C10H20O2.C8H5NO2/c1-3-5-6-7-8-9-10(11)12-4-2;10-7-5-3-1-2-4-6(5)8(11)9-7/h3-9H2,1-2H3;1-4H,(H,9,10,11). The van der Waals surface area contributed by atoms with E-state index < -0.39 is 0 Å². The van der Waals surface area contributed by atoms with Crippen LogP contribution in [-0.4, -0.2) is 24.4 Å². The van der Waals surface area contributed by atoms with E-state index in [1.54, 1.807) is 24.3 Å². The summed E-state index contributed by atoms with van der Waals surface area (Å²) in [4.78, 5) is 32.7. The van der Waals surface area contributed by atoms with Gasteiger partial charge in [-0.15, -0.1) is 0 Å². The second-order valence-corrected chi connectivity index (χ2v) is 5.30. The number of ether oxygens (including phenoxy) is 1. The molecule has 0 spiro atoms. The van der Waals surface area contributed by atoms with Crippen molar-refractivity contribution in [3.05, 3.63) is 35.4 Å². The molecule has 126 valence electrons. The molecule has 0 saturated carbocycles. The number of carbonyl (C=O) groups is 3. The Hall–Kier alpha value is -2.17. The molecule has 0 unspecified atom stereocenters. The number of imide groups is 1. The number of fused-ring (bicyclic) bond motifs is 1. The molecule has 1 aromatic rings. The van der Waals surface area contributed by atoms with E-state index in [1.807, 2.05) is 6.92 Å². The summed E-state index contributed by atoms with van der Waals surface area (Å²) < 4.78 is 4.81. The Bertz CT molecular complexity index is 507. The first-order chi connectivity index (χ1) is 11.1. The number of nitrogens with one attached hydrogen (secondary N) is 1. The van der Waals surface area contributed by atoms with E-state index in [9.17, 15) is 14.4 Å². The summed E-state index contributed by atoms with van der Waals surface area (Å²) in [5.41, 5.74) is 0.940. The van der Waals surface area contributed by atoms with Crippen molar-refractivity contribution >= 4 is 17.8 Å². The summed E-state index contributed by atoms with van der Waals surface area (Å²) in [5, 5.41) is 2.20. The zero-order valence-electron chi connectivity index (χ0n) is 13.9. The Kier molecular flexibility index (Phi) is 8.65. The molecule has 0 bridgehead atoms. The Balaban J connectivity index is 0.000000230. The average molecular weight is 319 g/mol. The third-order valence-electron chi connectivity index (χ3n) is 3.43. The molecule has 1 aromatic carbocycles. The maximum absolute atomic E-state index is 10.9. The van der Waals surface area contributed by atoms with Gasteiger partial charge >= 0.3 is 5.97 Å². The predicted octanol–water partition coefficient (Wildman–Crippen LogP) is 3.48. The summed E-state index contributed by atoms with van der Waals surface area (Å²) in [6, 6.07) is 6.74. The predicted molar refractivity (Wildman–Crippen MR) is 88.2 cm³/mol. The second kappa shape index (κ2) is 10.5. The maximum Gasteiger partial charge on any atom is 0.305 e. The number of amides is 2. The Morgan fingerprint density at radius 3 is 2.04 bits per heavy atom. The molecule has 2 amide bonds. The molecule has 2 rings (SSSR count). The van der Waals surface area contributed by atoms with Gasteiger partial charge in [0, 0.05) is 6.42 Å². The lowest BCUT2D eigenvalue weighted by Crippen LogP contribution is -2.19. The number of hydrogen-bond donors (Lipinski definition) is 1. The van der Waals surface area contributed by atoms with Crippen LogP contribution in [0.2, 0.25) is 0 Å². The molecule has 0 aromatic heterocycles. The van der Waals surface area contributed by atoms with Crippen LogP contribution < -0.4 is 5.32 Å². The third kappa shape index (κ3) is 6.63. The van der Waals surface area contributed by atoms with E-state index in [1.165, 1.54) is 19.3 Å². The molecule has 5 nitrogen and oxygen atoms in total. The van der Waals surface area contributed by atoms with Crippen molar-refractivity contribution in [2.45, 2.75) is 52.4 Å². The lowest BCUT2D eigenvalue weighted by atomic mass is 10.1. The highest BCUT2D eigenvalue weighted by molar-refractivity contribution is 6.21. The first-order valence-electron chi connectivity index (χ1n) is 8.20. The monoisotopic (exact) mass is 319 g/mol. The smallest absolute Gasteiger partial charge is 0.305 e. The van der Waals surface area contributed by atoms with E-state index in [0.717, 1.165) is 12.8 Å². The fourth-order valence-corrected chi connectivity index (χ4v) is 2.22. The van der Waals surface area contributed by atoms with E-state index in [-0.39, 0.29) is 17.8 Å². The molecule has 1 N–H and O–H groups in total. The van der Waals surface area contributed by atoms with Gasteiger partial charge in [0.2, 0.25) is 0 Å². The zero-order chi connectivity index (χ0) is 17.1. The molecule has 0 saturated heterocycles. The van der Waals surface area contributed by atoms with Crippen molar-refractivity contribution in [1.82, 2.24) is 5.32 Å². The highest BCUT2D eigenvalue weighted by atomic mass is 16.5. The minimum atomic E-state index is -0.300. The van der Waals surface area contributed by atoms with Gasteiger partial charge in [0.25, 0.3) is 11.8 Å². The maximum atomic E-state index is 10.9. The highest BCUT2D eigenvalue weighted by Crippen LogP contribution is 2.13. The van der Waals surface area contributed by atoms with Gasteiger partial charge in [-0.25, -0.2) is 0 Å². The Labute approximate surface area is 137 Å². The number of rotatable bonds is 7. The summed E-state index contributed by atoms with van der Waals surface area (Å²) in [6.45, 7) is 4.54. The van der Waals surface area contributed by atoms with Gasteiger partial charge in [-0.05, 0) is 25.5 Å². The Morgan fingerprint density at radius 2 is 1.52 bits per heavy atom. The first-order valence-corrected chi connectivity index (χ1v) is 8.20. The van der Waals surface area contributed by atoms with Crippen molar-refractivity contribution < 1.29 is 19.1 Å². The fourth-order valence-electron chi connectivity index (χ4n) is 2.22. The van der Waals surface area contributed by atoms with Crippen molar-refractivity contribution in [2.75, 3.05) is 6.61 Å². The quantitative estimate of drug-likeness (QED) is 0.474. The van der Waals surface area contributed by atoms with Gasteiger partial charge < -0.3 is 4.74 Å². The van der Waals surface area contributed by atoms with Crippen LogP contribution in [0.25, 0.3) is 0 Å². The lowest BCUT2D eigenvalue weighted by Gasteiger charge is -2.00. The van der Waals surface area contributed by atoms with Crippen LogP contribution in [0.4, 0.5) is 0 Å². The third-order valence-corrected chi connectivity index (χ3v) is 3.43. The fraction of sp³-hybridized carbons (Fsp3) is 0.500. The largest absolute Gasteiger partial charge is 0.466 e. The minimum Gasteiger partial charge on any atom is -0.466 e. The topological polar surface area (TPSA) is 72.5 Å².